The second-order valence-electron chi connectivity index (χ2n) is 5.07. The van der Waals surface area contributed by atoms with E-state index >= 15 is 0 Å². The number of anilines is 1. The van der Waals surface area contributed by atoms with E-state index in [2.05, 4.69) is 21.2 Å². The fourth-order valence-corrected chi connectivity index (χ4v) is 2.14. The van der Waals surface area contributed by atoms with Crippen molar-refractivity contribution >= 4 is 33.4 Å². The number of carbonyl (C=O) groups is 2. The lowest BCUT2D eigenvalue weighted by molar-refractivity contribution is -0.130. The van der Waals surface area contributed by atoms with Gasteiger partial charge in [0, 0.05) is 29.8 Å². The molecule has 2 aromatic carbocycles. The molecule has 2 rings (SSSR count). The zero-order valence-corrected chi connectivity index (χ0v) is 14.5. The molecule has 0 fully saturated rings. The Balaban J connectivity index is 1.94. The van der Waals surface area contributed by atoms with E-state index < -0.39 is 0 Å². The van der Waals surface area contributed by atoms with E-state index in [0.29, 0.717) is 17.0 Å². The Morgan fingerprint density at radius 2 is 1.83 bits per heavy atom. The molecule has 23 heavy (non-hydrogen) atoms. The first-order valence-electron chi connectivity index (χ1n) is 6.95. The predicted molar refractivity (Wildman–Crippen MR) is 92.7 cm³/mol. The van der Waals surface area contributed by atoms with E-state index in [4.69, 9.17) is 4.74 Å². The largest absolute Gasteiger partial charge is 0.484 e. The molecule has 0 aliphatic heterocycles. The van der Waals surface area contributed by atoms with Gasteiger partial charge in [0.15, 0.2) is 6.61 Å². The third-order valence-electron chi connectivity index (χ3n) is 3.06. The van der Waals surface area contributed by atoms with Crippen molar-refractivity contribution in [1.82, 2.24) is 4.90 Å². The minimum absolute atomic E-state index is 0.0171. The average Bonchev–Trinajstić information content (AvgIpc) is 2.53. The maximum atomic E-state index is 12.1. The molecule has 0 atom stereocenters. The fraction of sp³-hybridized carbons (Fsp3) is 0.176. The molecular weight excluding hydrogens is 360 g/mol. The molecule has 0 aliphatic carbocycles. The van der Waals surface area contributed by atoms with E-state index in [0.717, 1.165) is 4.47 Å². The Hall–Kier alpha value is -2.34. The van der Waals surface area contributed by atoms with E-state index in [1.807, 2.05) is 6.07 Å². The highest BCUT2D eigenvalue weighted by Crippen LogP contribution is 2.17. The number of likely N-dealkylation sites (N-methyl/N-ethyl adjacent to an activating group) is 1. The summed E-state index contributed by atoms with van der Waals surface area (Å²) in [6.45, 7) is -0.0171. The second kappa shape index (κ2) is 7.78. The van der Waals surface area contributed by atoms with Gasteiger partial charge in [-0.3, -0.25) is 9.59 Å². The summed E-state index contributed by atoms with van der Waals surface area (Å²) in [7, 11) is 3.35. The van der Waals surface area contributed by atoms with Crippen LogP contribution in [0.25, 0.3) is 0 Å². The van der Waals surface area contributed by atoms with Gasteiger partial charge in [0.05, 0.1) is 0 Å². The highest BCUT2D eigenvalue weighted by Gasteiger charge is 2.07. The van der Waals surface area contributed by atoms with Crippen LogP contribution in [-0.4, -0.2) is 37.4 Å². The molecular formula is C17H17BrN2O3. The summed E-state index contributed by atoms with van der Waals surface area (Å²) in [5.74, 6) is 0.264. The van der Waals surface area contributed by atoms with Crippen LogP contribution in [-0.2, 0) is 4.79 Å². The van der Waals surface area contributed by atoms with Gasteiger partial charge < -0.3 is 15.0 Å². The first-order valence-corrected chi connectivity index (χ1v) is 7.75. The van der Waals surface area contributed by atoms with Crippen LogP contribution in [0, 0.1) is 0 Å². The topological polar surface area (TPSA) is 58.6 Å². The molecule has 1 N–H and O–H groups in total. The van der Waals surface area contributed by atoms with Gasteiger partial charge in [-0.15, -0.1) is 0 Å². The molecule has 0 bridgehead atoms. The molecule has 0 saturated carbocycles. The van der Waals surface area contributed by atoms with E-state index in [9.17, 15) is 9.59 Å². The predicted octanol–water partition coefficient (Wildman–Crippen LogP) is 3.17. The van der Waals surface area contributed by atoms with Crippen LogP contribution in [0.3, 0.4) is 0 Å². The number of benzene rings is 2. The minimum Gasteiger partial charge on any atom is -0.484 e. The van der Waals surface area contributed by atoms with Crippen LogP contribution in [0.15, 0.2) is 53.0 Å². The molecule has 120 valence electrons. The van der Waals surface area contributed by atoms with Crippen molar-refractivity contribution in [3.05, 3.63) is 58.6 Å². The zero-order chi connectivity index (χ0) is 16.8. The van der Waals surface area contributed by atoms with Crippen LogP contribution in [0.1, 0.15) is 10.4 Å². The van der Waals surface area contributed by atoms with Gasteiger partial charge in [0.25, 0.3) is 11.8 Å². The van der Waals surface area contributed by atoms with Crippen molar-refractivity contribution in [1.29, 1.82) is 0 Å². The summed E-state index contributed by atoms with van der Waals surface area (Å²) in [6.07, 6.45) is 0. The lowest BCUT2D eigenvalue weighted by Gasteiger charge is -2.11. The summed E-state index contributed by atoms with van der Waals surface area (Å²) >= 11 is 3.34. The third kappa shape index (κ3) is 5.10. The number of hydrogen-bond acceptors (Lipinski definition) is 3. The summed E-state index contributed by atoms with van der Waals surface area (Å²) in [5, 5.41) is 2.81. The van der Waals surface area contributed by atoms with Gasteiger partial charge >= 0.3 is 0 Å². The molecule has 5 nitrogen and oxygen atoms in total. The van der Waals surface area contributed by atoms with Crippen molar-refractivity contribution < 1.29 is 14.3 Å². The van der Waals surface area contributed by atoms with E-state index in [1.54, 1.807) is 56.6 Å². The van der Waals surface area contributed by atoms with Crippen LogP contribution in [0.2, 0.25) is 0 Å². The van der Waals surface area contributed by atoms with Crippen molar-refractivity contribution in [2.45, 2.75) is 0 Å². The smallest absolute Gasteiger partial charge is 0.259 e. The second-order valence-corrected chi connectivity index (χ2v) is 5.98. The van der Waals surface area contributed by atoms with Gasteiger partial charge in [-0.1, -0.05) is 22.0 Å². The Morgan fingerprint density at radius 3 is 2.43 bits per heavy atom. The highest BCUT2D eigenvalue weighted by atomic mass is 79.9. The number of nitrogens with one attached hydrogen (secondary N) is 1. The molecule has 0 radical (unpaired) electrons. The normalized spacial score (nSPS) is 10.0. The standard InChI is InChI=1S/C17H17BrN2O3/c1-20(2)16(21)11-23-15-8-6-14(7-9-15)19-17(22)12-4-3-5-13(18)10-12/h3-10H,11H2,1-2H3,(H,19,22). The molecule has 0 heterocycles. The molecule has 0 unspecified atom stereocenters. The molecule has 0 spiro atoms. The number of carbonyl (C=O) groups excluding carboxylic acids is 2. The van der Waals surface area contributed by atoms with Crippen molar-refractivity contribution in [2.24, 2.45) is 0 Å². The van der Waals surface area contributed by atoms with Crippen LogP contribution in [0.5, 0.6) is 5.75 Å². The average molecular weight is 377 g/mol. The highest BCUT2D eigenvalue weighted by molar-refractivity contribution is 9.10. The Labute approximate surface area is 143 Å². The van der Waals surface area contributed by atoms with Gasteiger partial charge in [-0.05, 0) is 42.5 Å². The first-order chi connectivity index (χ1) is 11.0. The van der Waals surface area contributed by atoms with Gasteiger partial charge in [0.2, 0.25) is 0 Å². The minimum atomic E-state index is -0.192. The Bertz CT molecular complexity index is 699. The Morgan fingerprint density at radius 1 is 1.13 bits per heavy atom. The van der Waals surface area contributed by atoms with Crippen molar-refractivity contribution in [2.75, 3.05) is 26.0 Å². The van der Waals surface area contributed by atoms with Crippen molar-refractivity contribution in [3.8, 4) is 5.75 Å². The van der Waals surface area contributed by atoms with Crippen molar-refractivity contribution in [3.63, 3.8) is 0 Å². The molecule has 0 aliphatic rings. The third-order valence-corrected chi connectivity index (χ3v) is 3.55. The lowest BCUT2D eigenvalue weighted by atomic mass is 10.2. The first kappa shape index (κ1) is 17.0. The lowest BCUT2D eigenvalue weighted by Crippen LogP contribution is -2.27. The number of rotatable bonds is 5. The fourth-order valence-electron chi connectivity index (χ4n) is 1.74. The number of hydrogen-bond donors (Lipinski definition) is 1. The summed E-state index contributed by atoms with van der Waals surface area (Å²) in [4.78, 5) is 25.0. The summed E-state index contributed by atoms with van der Waals surface area (Å²) < 4.78 is 6.23. The molecule has 0 saturated heterocycles. The quantitative estimate of drug-likeness (QED) is 0.871. The molecule has 2 amide bonds. The van der Waals surface area contributed by atoms with Gasteiger partial charge in [-0.2, -0.15) is 0 Å². The van der Waals surface area contributed by atoms with Crippen LogP contribution < -0.4 is 10.1 Å². The van der Waals surface area contributed by atoms with E-state index in [1.165, 1.54) is 4.90 Å². The molecule has 0 aromatic heterocycles. The Kier molecular flexibility index (Phi) is 5.76. The number of halogens is 1. The maximum Gasteiger partial charge on any atom is 0.259 e. The van der Waals surface area contributed by atoms with Crippen LogP contribution >= 0.6 is 15.9 Å². The SMILES string of the molecule is CN(C)C(=O)COc1ccc(NC(=O)c2cccc(Br)c2)cc1. The maximum absolute atomic E-state index is 12.1. The van der Waals surface area contributed by atoms with Gasteiger partial charge in [0.1, 0.15) is 5.75 Å². The summed E-state index contributed by atoms with van der Waals surface area (Å²) in [5.41, 5.74) is 1.22. The summed E-state index contributed by atoms with van der Waals surface area (Å²) in [6, 6.07) is 14.0. The number of nitrogens with zero attached hydrogens (tertiary/aromatic N) is 1. The van der Waals surface area contributed by atoms with Crippen LogP contribution in [0.4, 0.5) is 5.69 Å². The number of ether oxygens (including phenoxy) is 1. The van der Waals surface area contributed by atoms with E-state index in [-0.39, 0.29) is 18.4 Å². The zero-order valence-electron chi connectivity index (χ0n) is 12.9. The monoisotopic (exact) mass is 376 g/mol. The van der Waals surface area contributed by atoms with Gasteiger partial charge in [-0.25, -0.2) is 0 Å². The molecule has 6 heteroatoms. The number of amides is 2. The molecule has 2 aromatic rings.